The van der Waals surface area contributed by atoms with E-state index in [0.29, 0.717) is 24.7 Å². The van der Waals surface area contributed by atoms with Crippen LogP contribution >= 0.6 is 28.5 Å². The molecule has 21 heavy (non-hydrogen) atoms. The lowest BCUT2D eigenvalue weighted by atomic mass is 9.92. The quantitative estimate of drug-likeness (QED) is 0.156. The maximum atomic E-state index is 11.4. The number of allylic oxidation sites excluding steroid dienone is 2. The van der Waals surface area contributed by atoms with Crippen LogP contribution in [0.4, 0.5) is 0 Å². The van der Waals surface area contributed by atoms with E-state index >= 15 is 0 Å². The van der Waals surface area contributed by atoms with Crippen LogP contribution in [0.5, 0.6) is 0 Å². The summed E-state index contributed by atoms with van der Waals surface area (Å²) in [7, 11) is 1.42. The van der Waals surface area contributed by atoms with Crippen molar-refractivity contribution in [3.05, 3.63) is 11.6 Å². The van der Waals surface area contributed by atoms with Crippen molar-refractivity contribution in [2.45, 2.75) is 44.6 Å². The van der Waals surface area contributed by atoms with Crippen LogP contribution in [0.25, 0.3) is 0 Å². The zero-order chi connectivity index (χ0) is 15.2. The van der Waals surface area contributed by atoms with E-state index in [9.17, 15) is 9.59 Å². The summed E-state index contributed by atoms with van der Waals surface area (Å²) in [6.07, 6.45) is 8.88. The second kappa shape index (κ2) is 8.59. The third-order valence-electron chi connectivity index (χ3n) is 4.69. The molecule has 0 N–H and O–H groups in total. The standard InChI is InChI=1S/C15H22IO4P/c1-19-15(18)5-3-2-4-10-6-11-8-14(20-21-16)13(9-17)12(11)7-10/h4,9,11-14,21H,2-3,5-8H2,1H3/t11-,12-,13?,14+/m0/s1. The van der Waals surface area contributed by atoms with Gasteiger partial charge in [-0.1, -0.05) is 11.6 Å². The van der Waals surface area contributed by atoms with Crippen LogP contribution in [0.15, 0.2) is 11.6 Å². The average Bonchev–Trinajstić information content (AvgIpc) is 3.00. The molecule has 6 heteroatoms. The van der Waals surface area contributed by atoms with Crippen LogP contribution in [0, 0.1) is 17.8 Å². The second-order valence-corrected chi connectivity index (χ2v) is 7.56. The Balaban J connectivity index is 1.82. The number of halogens is 1. The Morgan fingerprint density at radius 2 is 2.29 bits per heavy atom. The van der Waals surface area contributed by atoms with Gasteiger partial charge in [-0.3, -0.25) is 4.79 Å². The molecule has 2 fully saturated rings. The summed E-state index contributed by atoms with van der Waals surface area (Å²) in [5.41, 5.74) is 1.46. The fraction of sp³-hybridized carbons (Fsp3) is 0.733. The van der Waals surface area contributed by atoms with Crippen molar-refractivity contribution in [3.8, 4) is 0 Å². The first-order valence-electron chi connectivity index (χ1n) is 7.40. The number of unbranched alkanes of at least 4 members (excludes halogenated alkanes) is 1. The first-order chi connectivity index (χ1) is 10.2. The summed E-state index contributed by atoms with van der Waals surface area (Å²) >= 11 is 2.22. The van der Waals surface area contributed by atoms with Gasteiger partial charge in [0.05, 0.1) is 19.7 Å². The Kier molecular flexibility index (Phi) is 7.10. The van der Waals surface area contributed by atoms with E-state index in [1.165, 1.54) is 12.7 Å². The molecule has 0 spiro atoms. The highest BCUT2D eigenvalue weighted by Crippen LogP contribution is 2.51. The maximum absolute atomic E-state index is 11.4. The smallest absolute Gasteiger partial charge is 0.305 e. The number of esters is 1. The normalized spacial score (nSPS) is 33.7. The molecule has 2 saturated carbocycles. The third kappa shape index (κ3) is 4.49. The minimum atomic E-state index is -0.141. The molecular weight excluding hydrogens is 402 g/mol. The Morgan fingerprint density at radius 1 is 1.48 bits per heavy atom. The van der Waals surface area contributed by atoms with E-state index in [1.54, 1.807) is 0 Å². The lowest BCUT2D eigenvalue weighted by molar-refractivity contribution is -0.140. The zero-order valence-corrected chi connectivity index (χ0v) is 15.4. The number of ether oxygens (including phenoxy) is 1. The van der Waals surface area contributed by atoms with Gasteiger partial charge < -0.3 is 14.1 Å². The SMILES string of the molecule is COC(=O)CCCC=C1C[C@H]2C[C@@H](OPI)C(C=O)[C@H]2C1. The molecule has 0 radical (unpaired) electrons. The van der Waals surface area contributed by atoms with Crippen LogP contribution in [-0.4, -0.2) is 25.5 Å². The minimum absolute atomic E-state index is 0.0678. The lowest BCUT2D eigenvalue weighted by Crippen LogP contribution is -2.21. The average molecular weight is 424 g/mol. The van der Waals surface area contributed by atoms with Gasteiger partial charge in [0.1, 0.15) is 6.29 Å². The number of rotatable bonds is 7. The summed E-state index contributed by atoms with van der Waals surface area (Å²) in [5.74, 6) is 0.993. The van der Waals surface area contributed by atoms with E-state index in [-0.39, 0.29) is 18.0 Å². The van der Waals surface area contributed by atoms with Crippen molar-refractivity contribution in [2.24, 2.45) is 17.8 Å². The molecule has 2 aliphatic carbocycles. The third-order valence-corrected chi connectivity index (χ3v) is 5.84. The predicted molar refractivity (Wildman–Crippen MR) is 91.5 cm³/mol. The molecule has 0 aromatic heterocycles. The molecule has 0 saturated heterocycles. The number of methoxy groups -OCH3 is 1. The molecule has 0 bridgehead atoms. The highest BCUT2D eigenvalue weighted by molar-refractivity contribution is 14.2. The highest BCUT2D eigenvalue weighted by atomic mass is 127. The Morgan fingerprint density at radius 3 is 2.95 bits per heavy atom. The number of fused-ring (bicyclic) bond motifs is 1. The number of carbonyl (C=O) groups excluding carboxylic acids is 2. The Bertz CT molecular complexity index is 412. The van der Waals surface area contributed by atoms with E-state index in [1.807, 2.05) is 0 Å². The first-order valence-corrected chi connectivity index (χ1v) is 11.4. The molecule has 2 unspecified atom stereocenters. The number of hydrogen-bond acceptors (Lipinski definition) is 4. The van der Waals surface area contributed by atoms with Gasteiger partial charge in [-0.15, -0.1) is 0 Å². The van der Waals surface area contributed by atoms with Crippen molar-refractivity contribution in [3.63, 3.8) is 0 Å². The molecule has 0 aromatic rings. The van der Waals surface area contributed by atoms with E-state index < -0.39 is 0 Å². The summed E-state index contributed by atoms with van der Waals surface area (Å²) in [4.78, 5) is 22.4. The fourth-order valence-electron chi connectivity index (χ4n) is 3.67. The van der Waals surface area contributed by atoms with E-state index in [4.69, 9.17) is 4.52 Å². The highest BCUT2D eigenvalue weighted by Gasteiger charge is 2.47. The Hall–Kier alpha value is -0.000000000000000111. The molecule has 118 valence electrons. The van der Waals surface area contributed by atoms with Crippen molar-refractivity contribution in [1.29, 1.82) is 0 Å². The summed E-state index contributed by atoms with van der Waals surface area (Å²) in [6, 6.07) is 0. The predicted octanol–water partition coefficient (Wildman–Crippen LogP) is 3.83. The molecule has 5 atom stereocenters. The Labute approximate surface area is 140 Å². The molecule has 2 aliphatic rings. The molecule has 0 heterocycles. The van der Waals surface area contributed by atoms with Crippen LogP contribution in [0.2, 0.25) is 0 Å². The summed E-state index contributed by atoms with van der Waals surface area (Å²) in [5, 5.41) is 0. The number of hydrogen-bond donors (Lipinski definition) is 0. The van der Waals surface area contributed by atoms with Crippen molar-refractivity contribution in [2.75, 3.05) is 7.11 Å². The number of carbonyl (C=O) groups is 2. The molecule has 0 aliphatic heterocycles. The monoisotopic (exact) mass is 424 g/mol. The van der Waals surface area contributed by atoms with Crippen molar-refractivity contribution in [1.82, 2.24) is 0 Å². The van der Waals surface area contributed by atoms with Gasteiger partial charge >= 0.3 is 5.97 Å². The number of aldehydes is 1. The lowest BCUT2D eigenvalue weighted by Gasteiger charge is -2.17. The van der Waals surface area contributed by atoms with Crippen LogP contribution in [-0.2, 0) is 18.8 Å². The largest absolute Gasteiger partial charge is 0.469 e. The van der Waals surface area contributed by atoms with Gasteiger partial charge in [0, 0.05) is 12.3 Å². The van der Waals surface area contributed by atoms with Gasteiger partial charge in [-0.05, 0) is 66.0 Å². The molecule has 2 rings (SSSR count). The molecule has 0 amide bonds. The van der Waals surface area contributed by atoms with Gasteiger partial charge in [0.2, 0.25) is 0 Å². The van der Waals surface area contributed by atoms with Gasteiger partial charge in [0.25, 0.3) is 0 Å². The fourth-order valence-corrected chi connectivity index (χ4v) is 5.02. The van der Waals surface area contributed by atoms with Crippen LogP contribution in [0.3, 0.4) is 0 Å². The first kappa shape index (κ1) is 17.4. The summed E-state index contributed by atoms with van der Waals surface area (Å²) in [6.45, 7) is 0.430. The molecule has 4 nitrogen and oxygen atoms in total. The van der Waals surface area contributed by atoms with E-state index in [0.717, 1.165) is 38.4 Å². The van der Waals surface area contributed by atoms with Gasteiger partial charge in [-0.2, -0.15) is 0 Å². The second-order valence-electron chi connectivity index (χ2n) is 5.85. The van der Waals surface area contributed by atoms with Crippen molar-refractivity contribution >= 4 is 40.7 Å². The summed E-state index contributed by atoms with van der Waals surface area (Å²) < 4.78 is 10.4. The van der Waals surface area contributed by atoms with E-state index in [2.05, 4.69) is 32.9 Å². The van der Waals surface area contributed by atoms with Gasteiger partial charge in [0.15, 0.2) is 0 Å². The molecular formula is C15H22IO4P. The maximum Gasteiger partial charge on any atom is 0.305 e. The van der Waals surface area contributed by atoms with Crippen LogP contribution < -0.4 is 0 Å². The topological polar surface area (TPSA) is 52.6 Å². The molecule has 0 aromatic carbocycles. The minimum Gasteiger partial charge on any atom is -0.469 e. The van der Waals surface area contributed by atoms with Gasteiger partial charge in [-0.25, -0.2) is 0 Å². The van der Waals surface area contributed by atoms with Crippen LogP contribution in [0.1, 0.15) is 38.5 Å². The zero-order valence-electron chi connectivity index (χ0n) is 12.2. The van der Waals surface area contributed by atoms with Crippen molar-refractivity contribution < 1.29 is 18.8 Å².